The van der Waals surface area contributed by atoms with Gasteiger partial charge in [-0.1, -0.05) is 200 Å². The lowest BCUT2D eigenvalue weighted by Crippen LogP contribution is -2.25. The van der Waals surface area contributed by atoms with Crippen molar-refractivity contribution in [2.75, 3.05) is 0 Å². The molecule has 4 aromatic heterocycles. The molecule has 1 spiro atoms. The summed E-state index contributed by atoms with van der Waals surface area (Å²) in [5.41, 5.74) is 20.8. The highest BCUT2D eigenvalue weighted by molar-refractivity contribution is 6.17. The fraction of sp³-hybridized carbons (Fsp3) is 0.0143. The number of nitrogens with zero attached hydrogens (tertiary/aromatic N) is 5. The van der Waals surface area contributed by atoms with Gasteiger partial charge in [-0.3, -0.25) is 4.57 Å². The van der Waals surface area contributed by atoms with E-state index in [9.17, 15) is 0 Å². The van der Waals surface area contributed by atoms with Gasteiger partial charge in [0.15, 0.2) is 11.6 Å². The summed E-state index contributed by atoms with van der Waals surface area (Å²) < 4.78 is 11.3. The molecule has 0 unspecified atom stereocenters. The Morgan fingerprint density at radius 2 is 0.855 bits per heavy atom. The zero-order valence-corrected chi connectivity index (χ0v) is 40.8. The molecule has 0 atom stereocenters. The summed E-state index contributed by atoms with van der Waals surface area (Å²) in [5, 5.41) is 6.79. The Balaban J connectivity index is 0.903. The SMILES string of the molecule is c1ccc(-c2cccc3oc4cc(-c5nc(-c6cccc(-n7c8ccccc8c8ccc9c(c87)-c7ccccc7C97c8ccccc8-c8ccccc87)c6)nc(-n6c7ccccc7c7ccccc76)n5)ccc4c23)cc1. The molecule has 0 aliphatic heterocycles. The Labute approximate surface area is 436 Å². The van der Waals surface area contributed by atoms with Crippen LogP contribution in [0.1, 0.15) is 22.3 Å². The monoisotopic (exact) mass is 967 g/mol. The van der Waals surface area contributed by atoms with Gasteiger partial charge in [-0.25, -0.2) is 4.98 Å². The lowest BCUT2D eigenvalue weighted by Gasteiger charge is -2.30. The van der Waals surface area contributed by atoms with Gasteiger partial charge in [0.1, 0.15) is 11.2 Å². The molecule has 6 heteroatoms. The van der Waals surface area contributed by atoms with E-state index in [1.54, 1.807) is 0 Å². The van der Waals surface area contributed by atoms with E-state index >= 15 is 0 Å². The Morgan fingerprint density at radius 3 is 1.55 bits per heavy atom. The number of hydrogen-bond donors (Lipinski definition) is 0. The Bertz CT molecular complexity index is 4860. The molecule has 0 saturated heterocycles. The summed E-state index contributed by atoms with van der Waals surface area (Å²) in [6, 6.07) is 89.6. The van der Waals surface area contributed by atoms with Crippen LogP contribution in [0.3, 0.4) is 0 Å². The van der Waals surface area contributed by atoms with E-state index in [2.05, 4.69) is 252 Å². The number of para-hydroxylation sites is 3. The fourth-order valence-electron chi connectivity index (χ4n) is 13.4. The van der Waals surface area contributed by atoms with Crippen LogP contribution < -0.4 is 0 Å². The molecule has 352 valence electrons. The second-order valence-corrected chi connectivity index (χ2v) is 20.2. The Hall–Kier alpha value is -10.2. The topological polar surface area (TPSA) is 61.7 Å². The first-order chi connectivity index (χ1) is 37.7. The molecule has 11 aromatic carbocycles. The van der Waals surface area contributed by atoms with Gasteiger partial charge in [0.2, 0.25) is 5.95 Å². The van der Waals surface area contributed by atoms with Crippen molar-refractivity contribution < 1.29 is 4.42 Å². The van der Waals surface area contributed by atoms with Crippen molar-refractivity contribution in [2.24, 2.45) is 0 Å². The van der Waals surface area contributed by atoms with E-state index in [4.69, 9.17) is 19.4 Å². The first-order valence-electron chi connectivity index (χ1n) is 25.9. The predicted octanol–water partition coefficient (Wildman–Crippen LogP) is 17.3. The standard InChI is InChI=1S/C70H41N5O/c1-2-18-42(19-3-1)46-28-17-35-62-64(46)54-37-36-44(41-63(54)76-62)68-71-67(72-69(73-68)75-60-33-14-7-24-49(60)50-25-8-15-34-61(50)75)43-20-16-21-45(40-43)74-59-32-13-9-26-51(59)52-38-39-58-65(66(52)74)53-27-6-12-31-57(53)70(58)55-29-10-4-22-47(55)48-23-5-11-30-56(48)70/h1-41H. The average molecular weight is 968 g/mol. The Kier molecular flexibility index (Phi) is 8.39. The number of hydrogen-bond acceptors (Lipinski definition) is 4. The van der Waals surface area contributed by atoms with E-state index in [0.717, 1.165) is 77.2 Å². The molecule has 15 aromatic rings. The normalized spacial score (nSPS) is 13.1. The van der Waals surface area contributed by atoms with Crippen molar-refractivity contribution in [1.82, 2.24) is 24.1 Å². The van der Waals surface area contributed by atoms with Crippen LogP contribution in [0.2, 0.25) is 0 Å². The predicted molar refractivity (Wildman–Crippen MR) is 308 cm³/mol. The van der Waals surface area contributed by atoms with Gasteiger partial charge in [0.05, 0.1) is 27.5 Å². The maximum absolute atomic E-state index is 6.68. The van der Waals surface area contributed by atoms with Crippen LogP contribution in [0, 0.1) is 0 Å². The summed E-state index contributed by atoms with van der Waals surface area (Å²) in [6.45, 7) is 0. The molecule has 0 saturated carbocycles. The largest absolute Gasteiger partial charge is 0.456 e. The minimum atomic E-state index is -0.476. The van der Waals surface area contributed by atoms with Crippen LogP contribution >= 0.6 is 0 Å². The lowest BCUT2D eigenvalue weighted by molar-refractivity contribution is 0.669. The van der Waals surface area contributed by atoms with Gasteiger partial charge >= 0.3 is 0 Å². The second kappa shape index (κ2) is 15.4. The summed E-state index contributed by atoms with van der Waals surface area (Å²) in [6.07, 6.45) is 0. The maximum atomic E-state index is 6.68. The number of furan rings is 1. The zero-order chi connectivity index (χ0) is 49.6. The van der Waals surface area contributed by atoms with Gasteiger partial charge in [0.25, 0.3) is 0 Å². The molecule has 6 nitrogen and oxygen atoms in total. The third kappa shape index (κ3) is 5.51. The van der Waals surface area contributed by atoms with E-state index < -0.39 is 5.41 Å². The van der Waals surface area contributed by atoms with Crippen molar-refractivity contribution >= 4 is 65.6 Å². The number of benzene rings is 11. The van der Waals surface area contributed by atoms with E-state index in [-0.39, 0.29) is 0 Å². The summed E-state index contributed by atoms with van der Waals surface area (Å²) in [5.74, 6) is 1.65. The number of fused-ring (bicyclic) bond motifs is 20. The second-order valence-electron chi connectivity index (χ2n) is 20.2. The van der Waals surface area contributed by atoms with E-state index in [0.29, 0.717) is 17.6 Å². The van der Waals surface area contributed by atoms with Gasteiger partial charge < -0.3 is 8.98 Å². The third-order valence-corrected chi connectivity index (χ3v) is 16.4. The van der Waals surface area contributed by atoms with Crippen molar-refractivity contribution in [3.8, 4) is 67.8 Å². The molecule has 0 N–H and O–H groups in total. The van der Waals surface area contributed by atoms with Crippen LogP contribution in [0.4, 0.5) is 0 Å². The molecule has 0 amide bonds. The first kappa shape index (κ1) is 41.3. The summed E-state index contributed by atoms with van der Waals surface area (Å²) in [7, 11) is 0. The van der Waals surface area contributed by atoms with E-state index in [1.807, 2.05) is 6.07 Å². The third-order valence-electron chi connectivity index (χ3n) is 16.4. The summed E-state index contributed by atoms with van der Waals surface area (Å²) in [4.78, 5) is 16.2. The number of aromatic nitrogens is 5. The van der Waals surface area contributed by atoms with Crippen molar-refractivity contribution in [3.63, 3.8) is 0 Å². The quantitative estimate of drug-likeness (QED) is 0.172. The van der Waals surface area contributed by atoms with Crippen LogP contribution in [-0.4, -0.2) is 24.1 Å². The van der Waals surface area contributed by atoms with Crippen LogP contribution in [0.15, 0.2) is 253 Å². The van der Waals surface area contributed by atoms with Crippen molar-refractivity contribution in [1.29, 1.82) is 0 Å². The maximum Gasteiger partial charge on any atom is 0.238 e. The zero-order valence-electron chi connectivity index (χ0n) is 40.8. The smallest absolute Gasteiger partial charge is 0.238 e. The van der Waals surface area contributed by atoms with Gasteiger partial charge in [-0.15, -0.1) is 0 Å². The average Bonchev–Trinajstić information content (AvgIpc) is 4.45. The Morgan fingerprint density at radius 1 is 0.329 bits per heavy atom. The molecule has 76 heavy (non-hydrogen) atoms. The molecule has 4 heterocycles. The molecular weight excluding hydrogens is 927 g/mol. The molecule has 2 aliphatic carbocycles. The van der Waals surface area contributed by atoms with Crippen LogP contribution in [-0.2, 0) is 5.41 Å². The molecule has 0 radical (unpaired) electrons. The molecule has 2 aliphatic rings. The van der Waals surface area contributed by atoms with Crippen LogP contribution in [0.25, 0.3) is 133 Å². The van der Waals surface area contributed by atoms with Gasteiger partial charge in [0, 0.05) is 54.7 Å². The first-order valence-corrected chi connectivity index (χ1v) is 25.9. The van der Waals surface area contributed by atoms with Crippen molar-refractivity contribution in [2.45, 2.75) is 5.41 Å². The highest BCUT2D eigenvalue weighted by atomic mass is 16.3. The highest BCUT2D eigenvalue weighted by Crippen LogP contribution is 2.64. The van der Waals surface area contributed by atoms with Gasteiger partial charge in [-0.2, -0.15) is 9.97 Å². The van der Waals surface area contributed by atoms with Gasteiger partial charge in [-0.05, 0) is 98.6 Å². The van der Waals surface area contributed by atoms with Crippen LogP contribution in [0.5, 0.6) is 0 Å². The molecule has 0 bridgehead atoms. The highest BCUT2D eigenvalue weighted by Gasteiger charge is 2.52. The van der Waals surface area contributed by atoms with E-state index in [1.165, 1.54) is 60.8 Å². The molecule has 17 rings (SSSR count). The fourth-order valence-corrected chi connectivity index (χ4v) is 13.4. The molecular formula is C70H41N5O. The minimum Gasteiger partial charge on any atom is -0.456 e. The number of rotatable bonds is 5. The minimum absolute atomic E-state index is 0.476. The summed E-state index contributed by atoms with van der Waals surface area (Å²) >= 11 is 0. The molecule has 0 fully saturated rings. The lowest BCUT2D eigenvalue weighted by atomic mass is 9.70. The van der Waals surface area contributed by atoms with Crippen molar-refractivity contribution in [3.05, 3.63) is 271 Å².